The molecule has 0 atom stereocenters. The lowest BCUT2D eigenvalue weighted by atomic mass is 10.1. The Hall–Kier alpha value is -4.04. The quantitative estimate of drug-likeness (QED) is 0.424. The molecule has 0 saturated carbocycles. The van der Waals surface area contributed by atoms with Gasteiger partial charge in [0.25, 0.3) is 5.91 Å². The lowest BCUT2D eigenvalue weighted by molar-refractivity contribution is -0.119. The van der Waals surface area contributed by atoms with Gasteiger partial charge < -0.3 is 10.1 Å². The maximum atomic E-state index is 12.8. The Morgan fingerprint density at radius 3 is 2.53 bits per heavy atom. The molecule has 0 aliphatic carbocycles. The van der Waals surface area contributed by atoms with Crippen molar-refractivity contribution in [3.63, 3.8) is 0 Å². The molecule has 0 aliphatic rings. The molecule has 2 heterocycles. The van der Waals surface area contributed by atoms with E-state index in [4.69, 9.17) is 4.74 Å². The summed E-state index contributed by atoms with van der Waals surface area (Å²) in [7, 11) is 0. The molecule has 2 aromatic heterocycles. The van der Waals surface area contributed by atoms with Gasteiger partial charge in [-0.2, -0.15) is 0 Å². The van der Waals surface area contributed by atoms with E-state index < -0.39 is 0 Å². The zero-order valence-corrected chi connectivity index (χ0v) is 18.1. The molecule has 4 aromatic rings. The number of rotatable bonds is 7. The van der Waals surface area contributed by atoms with Gasteiger partial charge >= 0.3 is 0 Å². The number of thiazole rings is 1. The molecule has 2 N–H and O–H groups in total. The first-order chi connectivity index (χ1) is 15.6. The topological polar surface area (TPSA) is 93.2 Å². The largest absolute Gasteiger partial charge is 0.438 e. The van der Waals surface area contributed by atoms with E-state index in [1.807, 2.05) is 47.8 Å². The summed E-state index contributed by atoms with van der Waals surface area (Å²) in [6, 6.07) is 20.3. The molecule has 0 saturated heterocycles. The summed E-state index contributed by atoms with van der Waals surface area (Å²) >= 11 is 1.33. The van der Waals surface area contributed by atoms with Crippen LogP contribution in [0.25, 0.3) is 11.3 Å². The second-order valence-electron chi connectivity index (χ2n) is 6.87. The fourth-order valence-corrected chi connectivity index (χ4v) is 3.61. The van der Waals surface area contributed by atoms with E-state index in [2.05, 4.69) is 20.6 Å². The molecule has 2 aromatic carbocycles. The van der Waals surface area contributed by atoms with Gasteiger partial charge in [0.05, 0.1) is 5.69 Å². The third-order valence-corrected chi connectivity index (χ3v) is 5.25. The van der Waals surface area contributed by atoms with E-state index in [0.29, 0.717) is 23.0 Å². The highest BCUT2D eigenvalue weighted by Gasteiger charge is 2.16. The summed E-state index contributed by atoms with van der Waals surface area (Å²) < 4.78 is 5.77. The van der Waals surface area contributed by atoms with Crippen LogP contribution in [0.1, 0.15) is 22.8 Å². The Balaban J connectivity index is 1.45. The molecule has 0 bridgehead atoms. The van der Waals surface area contributed by atoms with Crippen LogP contribution in [-0.2, 0) is 11.3 Å². The summed E-state index contributed by atoms with van der Waals surface area (Å²) in [4.78, 5) is 32.6. The van der Waals surface area contributed by atoms with Crippen LogP contribution in [0.4, 0.5) is 5.13 Å². The summed E-state index contributed by atoms with van der Waals surface area (Å²) in [5.74, 6) is 0.400. The molecule has 0 radical (unpaired) electrons. The van der Waals surface area contributed by atoms with Crippen LogP contribution in [0, 0.1) is 0 Å². The van der Waals surface area contributed by atoms with Crippen LogP contribution in [0.5, 0.6) is 11.6 Å². The maximum Gasteiger partial charge on any atom is 0.262 e. The monoisotopic (exact) mass is 444 g/mol. The number of anilines is 1. The van der Waals surface area contributed by atoms with Gasteiger partial charge in [-0.1, -0.05) is 42.5 Å². The Morgan fingerprint density at radius 2 is 1.78 bits per heavy atom. The van der Waals surface area contributed by atoms with Gasteiger partial charge in [0.1, 0.15) is 11.3 Å². The SMILES string of the molecule is CC(=O)NCc1ccc(-c2csc(NC(=O)c3cccnc3Oc3ccccc3)n2)cc1. The number of hydrogen-bond donors (Lipinski definition) is 2. The Kier molecular flexibility index (Phi) is 6.52. The molecule has 8 heteroatoms. The fourth-order valence-electron chi connectivity index (χ4n) is 2.89. The summed E-state index contributed by atoms with van der Waals surface area (Å²) in [6.07, 6.45) is 1.58. The number of nitrogens with zero attached hydrogens (tertiary/aromatic N) is 2. The third-order valence-electron chi connectivity index (χ3n) is 4.49. The number of para-hydroxylation sites is 1. The van der Waals surface area contributed by atoms with Gasteiger partial charge in [-0.05, 0) is 29.8 Å². The first-order valence-corrected chi connectivity index (χ1v) is 10.7. The minimum Gasteiger partial charge on any atom is -0.438 e. The van der Waals surface area contributed by atoms with E-state index in [0.717, 1.165) is 16.8 Å². The molecule has 7 nitrogen and oxygen atoms in total. The van der Waals surface area contributed by atoms with Crippen molar-refractivity contribution in [1.29, 1.82) is 0 Å². The molecule has 0 fully saturated rings. The molecule has 2 amide bonds. The molecule has 32 heavy (non-hydrogen) atoms. The predicted molar refractivity (Wildman–Crippen MR) is 124 cm³/mol. The molecule has 0 aliphatic heterocycles. The van der Waals surface area contributed by atoms with E-state index in [9.17, 15) is 9.59 Å². The van der Waals surface area contributed by atoms with Crippen LogP contribution in [0.15, 0.2) is 78.3 Å². The molecular formula is C24H20N4O3S. The zero-order valence-electron chi connectivity index (χ0n) is 17.2. The highest BCUT2D eigenvalue weighted by molar-refractivity contribution is 7.14. The molecule has 0 unspecified atom stereocenters. The van der Waals surface area contributed by atoms with Crippen LogP contribution >= 0.6 is 11.3 Å². The predicted octanol–water partition coefficient (Wildman–Crippen LogP) is 4.89. The van der Waals surface area contributed by atoms with Gasteiger partial charge in [0.2, 0.25) is 11.8 Å². The summed E-state index contributed by atoms with van der Waals surface area (Å²) in [5.41, 5.74) is 2.98. The first-order valence-electron chi connectivity index (χ1n) is 9.87. The lowest BCUT2D eigenvalue weighted by Gasteiger charge is -2.09. The highest BCUT2D eigenvalue weighted by atomic mass is 32.1. The second kappa shape index (κ2) is 9.84. The number of ether oxygens (including phenoxy) is 1. The second-order valence-corrected chi connectivity index (χ2v) is 7.73. The van der Waals surface area contributed by atoms with Crippen molar-refractivity contribution < 1.29 is 14.3 Å². The molecule has 4 rings (SSSR count). The van der Waals surface area contributed by atoms with Crippen LogP contribution in [0.3, 0.4) is 0 Å². The number of nitrogens with one attached hydrogen (secondary N) is 2. The number of hydrogen-bond acceptors (Lipinski definition) is 6. The lowest BCUT2D eigenvalue weighted by Crippen LogP contribution is -2.18. The number of carbonyl (C=O) groups is 2. The maximum absolute atomic E-state index is 12.8. The number of aromatic nitrogens is 2. The Morgan fingerprint density at radius 1 is 1.00 bits per heavy atom. The van der Waals surface area contributed by atoms with Crippen molar-refractivity contribution in [3.8, 4) is 22.9 Å². The van der Waals surface area contributed by atoms with Gasteiger partial charge in [0, 0.05) is 30.6 Å². The minimum atomic E-state index is -0.351. The van der Waals surface area contributed by atoms with Crippen LogP contribution in [0.2, 0.25) is 0 Å². The van der Waals surface area contributed by atoms with E-state index in [1.54, 1.807) is 30.5 Å². The molecule has 160 valence electrons. The average Bonchev–Trinajstić information content (AvgIpc) is 3.27. The van der Waals surface area contributed by atoms with Gasteiger partial charge in [-0.15, -0.1) is 11.3 Å². The number of benzene rings is 2. The van der Waals surface area contributed by atoms with E-state index in [1.165, 1.54) is 18.3 Å². The zero-order chi connectivity index (χ0) is 22.3. The van der Waals surface area contributed by atoms with Crippen LogP contribution < -0.4 is 15.4 Å². The van der Waals surface area contributed by atoms with E-state index >= 15 is 0 Å². The van der Waals surface area contributed by atoms with Crippen molar-refractivity contribution in [2.45, 2.75) is 13.5 Å². The van der Waals surface area contributed by atoms with Crippen LogP contribution in [-0.4, -0.2) is 21.8 Å². The van der Waals surface area contributed by atoms with Gasteiger partial charge in [0.15, 0.2) is 5.13 Å². The van der Waals surface area contributed by atoms with Crippen molar-refractivity contribution in [3.05, 3.63) is 89.4 Å². The Labute approximate surface area is 189 Å². The first kappa shape index (κ1) is 21.2. The molecule has 0 spiro atoms. The molecular weight excluding hydrogens is 424 g/mol. The van der Waals surface area contributed by atoms with Crippen molar-refractivity contribution >= 4 is 28.3 Å². The minimum absolute atomic E-state index is 0.0695. The normalized spacial score (nSPS) is 10.4. The smallest absolute Gasteiger partial charge is 0.262 e. The average molecular weight is 445 g/mol. The van der Waals surface area contributed by atoms with Crippen molar-refractivity contribution in [1.82, 2.24) is 15.3 Å². The number of amides is 2. The van der Waals surface area contributed by atoms with Crippen molar-refractivity contribution in [2.24, 2.45) is 0 Å². The number of carbonyl (C=O) groups excluding carboxylic acids is 2. The fraction of sp³-hybridized carbons (Fsp3) is 0.0833. The summed E-state index contributed by atoms with van der Waals surface area (Å²) in [5, 5.41) is 7.94. The summed E-state index contributed by atoms with van der Waals surface area (Å²) in [6.45, 7) is 1.97. The third kappa shape index (κ3) is 5.35. The van der Waals surface area contributed by atoms with Crippen molar-refractivity contribution in [2.75, 3.05) is 5.32 Å². The van der Waals surface area contributed by atoms with E-state index in [-0.39, 0.29) is 17.7 Å². The Bertz CT molecular complexity index is 1220. The highest BCUT2D eigenvalue weighted by Crippen LogP contribution is 2.27. The number of pyridine rings is 1. The van der Waals surface area contributed by atoms with Gasteiger partial charge in [-0.3, -0.25) is 14.9 Å². The van der Waals surface area contributed by atoms with Gasteiger partial charge in [-0.25, -0.2) is 9.97 Å². The standard InChI is InChI=1S/C24H20N4O3S/c1-16(29)26-14-17-9-11-18(12-10-17)21-15-32-24(27-21)28-22(30)20-8-5-13-25-23(20)31-19-6-3-2-4-7-19/h2-13,15H,14H2,1H3,(H,26,29)(H,27,28,30).